The molecule has 5 heterocycles. The fourth-order valence-corrected chi connectivity index (χ4v) is 4.76. The van der Waals surface area contributed by atoms with Gasteiger partial charge in [-0.25, -0.2) is 14.4 Å². The van der Waals surface area contributed by atoms with E-state index >= 15 is 4.39 Å². The topological polar surface area (TPSA) is 125 Å². The number of imidazole rings is 1. The van der Waals surface area contributed by atoms with E-state index in [2.05, 4.69) is 30.6 Å². The average Bonchev–Trinajstić information content (AvgIpc) is 3.63. The molecule has 2 atom stereocenters. The first-order valence-electron chi connectivity index (χ1n) is 10.8. The number of tetrazole rings is 1. The van der Waals surface area contributed by atoms with Gasteiger partial charge in [0.1, 0.15) is 18.0 Å². The van der Waals surface area contributed by atoms with Crippen molar-refractivity contribution < 1.29 is 4.39 Å². The van der Waals surface area contributed by atoms with E-state index in [1.54, 1.807) is 27.7 Å². The molecule has 0 saturated carbocycles. The quantitative estimate of drug-likeness (QED) is 0.409. The maximum atomic E-state index is 15.2. The third-order valence-corrected chi connectivity index (χ3v) is 6.53. The first kappa shape index (κ1) is 21.4. The lowest BCUT2D eigenvalue weighted by molar-refractivity contribution is 0.555. The summed E-state index contributed by atoms with van der Waals surface area (Å²) in [4.78, 5) is 25.9. The molecule has 0 bridgehead atoms. The summed E-state index contributed by atoms with van der Waals surface area (Å²) in [6, 6.07) is 5.84. The molecule has 0 saturated heterocycles. The highest BCUT2D eigenvalue weighted by Crippen LogP contribution is 2.39. The van der Waals surface area contributed by atoms with Crippen LogP contribution in [0.25, 0.3) is 28.3 Å². The Balaban J connectivity index is 1.47. The largest absolute Gasteiger partial charge is 0.339 e. The highest BCUT2D eigenvalue weighted by molar-refractivity contribution is 6.31. The Morgan fingerprint density at radius 1 is 1.26 bits per heavy atom. The monoisotopic (exact) mass is 492 g/mol. The molecule has 1 aliphatic heterocycles. The zero-order valence-corrected chi connectivity index (χ0v) is 19.3. The Bertz CT molecular complexity index is 1620. The molecule has 0 radical (unpaired) electrons. The molecular weight excluding hydrogens is 475 g/mol. The Morgan fingerprint density at radius 3 is 2.86 bits per heavy atom. The molecular formula is C22H18ClFN10O. The lowest BCUT2D eigenvalue weighted by Crippen LogP contribution is -2.25. The molecule has 0 unspecified atom stereocenters. The molecule has 4 aromatic heterocycles. The van der Waals surface area contributed by atoms with Crippen LogP contribution < -0.4 is 5.56 Å². The number of aryl methyl sites for hydroxylation is 1. The number of hydrogen-bond donors (Lipinski definition) is 1. The van der Waals surface area contributed by atoms with Gasteiger partial charge in [0, 0.05) is 25.2 Å². The van der Waals surface area contributed by atoms with Crippen LogP contribution >= 0.6 is 11.6 Å². The molecule has 1 aliphatic rings. The molecule has 0 amide bonds. The van der Waals surface area contributed by atoms with Gasteiger partial charge in [0.05, 0.1) is 45.6 Å². The summed E-state index contributed by atoms with van der Waals surface area (Å²) >= 11 is 6.08. The highest BCUT2D eigenvalue weighted by Gasteiger charge is 2.34. The Labute approximate surface area is 202 Å². The molecule has 1 aromatic carbocycles. The van der Waals surface area contributed by atoms with Crippen molar-refractivity contribution in [3.63, 3.8) is 0 Å². The van der Waals surface area contributed by atoms with Crippen molar-refractivity contribution in [2.75, 3.05) is 0 Å². The smallest absolute Gasteiger partial charge is 0.254 e. The van der Waals surface area contributed by atoms with Gasteiger partial charge in [-0.15, -0.1) is 5.10 Å². The second-order valence-electron chi connectivity index (χ2n) is 8.39. The summed E-state index contributed by atoms with van der Waals surface area (Å²) in [7, 11) is 1.84. The zero-order valence-electron chi connectivity index (χ0n) is 18.6. The number of fused-ring (bicyclic) bond motifs is 1. The van der Waals surface area contributed by atoms with E-state index in [1.165, 1.54) is 23.1 Å². The fraction of sp³-hybridized carbons (Fsp3) is 0.227. The van der Waals surface area contributed by atoms with Crippen LogP contribution in [0.4, 0.5) is 4.39 Å². The van der Waals surface area contributed by atoms with Crippen LogP contribution in [0.5, 0.6) is 0 Å². The lowest BCUT2D eigenvalue weighted by Gasteiger charge is -2.15. The summed E-state index contributed by atoms with van der Waals surface area (Å²) in [5, 5.41) is 15.2. The van der Waals surface area contributed by atoms with Gasteiger partial charge in [-0.3, -0.25) is 14.0 Å². The van der Waals surface area contributed by atoms with Gasteiger partial charge in [-0.1, -0.05) is 18.5 Å². The number of H-pyrrole nitrogens is 1. The van der Waals surface area contributed by atoms with Crippen molar-refractivity contribution in [1.29, 1.82) is 0 Å². The number of aromatic amines is 1. The van der Waals surface area contributed by atoms with E-state index in [0.717, 1.165) is 11.4 Å². The molecule has 35 heavy (non-hydrogen) atoms. The van der Waals surface area contributed by atoms with Gasteiger partial charge in [-0.2, -0.15) is 9.78 Å². The maximum Gasteiger partial charge on any atom is 0.254 e. The van der Waals surface area contributed by atoms with Crippen LogP contribution in [0.2, 0.25) is 5.02 Å². The van der Waals surface area contributed by atoms with Crippen molar-refractivity contribution >= 4 is 11.6 Å². The molecule has 0 aliphatic carbocycles. The molecule has 1 N–H and O–H groups in total. The number of rotatable bonds is 4. The van der Waals surface area contributed by atoms with E-state index in [4.69, 9.17) is 16.6 Å². The number of nitrogens with one attached hydrogen (secondary N) is 1. The minimum Gasteiger partial charge on any atom is -0.339 e. The second-order valence-corrected chi connectivity index (χ2v) is 8.80. The number of halogens is 2. The maximum absolute atomic E-state index is 15.2. The van der Waals surface area contributed by atoms with Gasteiger partial charge in [0.2, 0.25) is 0 Å². The van der Waals surface area contributed by atoms with Crippen molar-refractivity contribution in [2.45, 2.75) is 25.3 Å². The first-order valence-corrected chi connectivity index (χ1v) is 11.2. The van der Waals surface area contributed by atoms with Crippen molar-refractivity contribution in [3.05, 3.63) is 75.8 Å². The van der Waals surface area contributed by atoms with Crippen LogP contribution in [0, 0.1) is 5.82 Å². The normalized spacial score (nSPS) is 17.1. The predicted molar refractivity (Wildman–Crippen MR) is 124 cm³/mol. The minimum absolute atomic E-state index is 0.0532. The summed E-state index contributed by atoms with van der Waals surface area (Å²) in [5.41, 5.74) is 1.89. The summed E-state index contributed by atoms with van der Waals surface area (Å²) in [6.07, 6.45) is 5.38. The number of nitrogens with zero attached hydrogens (tertiary/aromatic N) is 9. The Morgan fingerprint density at radius 2 is 2.11 bits per heavy atom. The highest BCUT2D eigenvalue weighted by atomic mass is 35.5. The SMILES string of the molecule is C[C@H]1C[C@@H](c2ncc(-c3ccnn3C)[nH]2)n2c1nc(-c1c(-n3cnnn3)ccc(Cl)c1F)cc2=O. The van der Waals surface area contributed by atoms with Crippen molar-refractivity contribution in [3.8, 4) is 28.3 Å². The molecule has 5 aromatic rings. The van der Waals surface area contributed by atoms with E-state index < -0.39 is 5.82 Å². The average molecular weight is 493 g/mol. The predicted octanol–water partition coefficient (Wildman–Crippen LogP) is 2.90. The van der Waals surface area contributed by atoms with Crippen LogP contribution in [0.1, 0.15) is 37.0 Å². The number of hydrogen-bond acceptors (Lipinski definition) is 7. The molecule has 6 rings (SSSR count). The summed E-state index contributed by atoms with van der Waals surface area (Å²) in [5.74, 6) is 0.409. The molecule has 11 nitrogen and oxygen atoms in total. The second kappa shape index (κ2) is 7.94. The fourth-order valence-electron chi connectivity index (χ4n) is 4.60. The third kappa shape index (κ3) is 3.36. The van der Waals surface area contributed by atoms with Gasteiger partial charge in [-0.05, 0) is 35.0 Å². The Kier molecular flexibility index (Phi) is 4.85. The standard InChI is InChI=1S/C22H18ClFN10O/c1-11-7-17(21-25-9-14(28-21)15-5-6-27-32(15)2)34-18(35)8-13(29-22(11)34)19-16(33-10-26-30-31-33)4-3-12(23)20(19)24/h3-6,8-11,17H,7H2,1-2H3,(H,25,28)/t11-,17-/m0/s1. The molecule has 13 heteroatoms. The van der Waals surface area contributed by atoms with Gasteiger partial charge in [0.25, 0.3) is 5.56 Å². The number of benzene rings is 1. The molecule has 0 fully saturated rings. The minimum atomic E-state index is -0.703. The first-order chi connectivity index (χ1) is 16.9. The zero-order chi connectivity index (χ0) is 24.3. The lowest BCUT2D eigenvalue weighted by atomic mass is 10.1. The van der Waals surface area contributed by atoms with Crippen LogP contribution in [-0.4, -0.2) is 49.5 Å². The van der Waals surface area contributed by atoms with E-state index in [9.17, 15) is 4.79 Å². The Hall–Kier alpha value is -4.19. The van der Waals surface area contributed by atoms with Crippen LogP contribution in [0.3, 0.4) is 0 Å². The van der Waals surface area contributed by atoms with Gasteiger partial charge in [0.15, 0.2) is 5.82 Å². The summed E-state index contributed by atoms with van der Waals surface area (Å²) in [6.45, 7) is 1.98. The van der Waals surface area contributed by atoms with Gasteiger partial charge < -0.3 is 4.98 Å². The molecule has 0 spiro atoms. The number of aromatic nitrogens is 10. The van der Waals surface area contributed by atoms with Crippen LogP contribution in [-0.2, 0) is 7.05 Å². The van der Waals surface area contributed by atoms with E-state index in [-0.39, 0.29) is 33.8 Å². The van der Waals surface area contributed by atoms with Gasteiger partial charge >= 0.3 is 0 Å². The van der Waals surface area contributed by atoms with Crippen molar-refractivity contribution in [2.24, 2.45) is 7.05 Å². The third-order valence-electron chi connectivity index (χ3n) is 6.24. The summed E-state index contributed by atoms with van der Waals surface area (Å²) < 4.78 is 19.9. The van der Waals surface area contributed by atoms with Crippen molar-refractivity contribution in [1.82, 2.24) is 49.5 Å². The molecule has 176 valence electrons. The van der Waals surface area contributed by atoms with E-state index in [1.807, 2.05) is 20.0 Å². The van der Waals surface area contributed by atoms with E-state index in [0.29, 0.717) is 23.8 Å². The van der Waals surface area contributed by atoms with Crippen LogP contribution in [0.15, 0.2) is 47.8 Å².